The second-order valence-electron chi connectivity index (χ2n) is 6.35. The van der Waals surface area contributed by atoms with Crippen molar-refractivity contribution >= 4 is 5.57 Å². The molecule has 0 unspecified atom stereocenters. The van der Waals surface area contributed by atoms with Gasteiger partial charge in [-0.25, -0.2) is 0 Å². The van der Waals surface area contributed by atoms with Gasteiger partial charge < -0.3 is 5.11 Å². The molecular weight excluding hydrogens is 282 g/mol. The molecule has 1 heterocycles. The summed E-state index contributed by atoms with van der Waals surface area (Å²) in [6.45, 7) is 5.60. The van der Waals surface area contributed by atoms with Gasteiger partial charge in [-0.1, -0.05) is 54.1 Å². The average Bonchev–Trinajstić information content (AvgIpc) is 3.10. The minimum absolute atomic E-state index is 0.0845. The minimum Gasteiger partial charge on any atom is -0.392 e. The number of aryl methyl sites for hydroxylation is 1. The predicted octanol–water partition coefficient (Wildman–Crippen LogP) is 4.01. The van der Waals surface area contributed by atoms with Crippen LogP contribution in [0.2, 0.25) is 0 Å². The predicted molar refractivity (Wildman–Crippen MR) is 96.3 cm³/mol. The van der Waals surface area contributed by atoms with Crippen molar-refractivity contribution in [2.75, 3.05) is 19.6 Å². The van der Waals surface area contributed by atoms with Crippen molar-refractivity contribution in [3.63, 3.8) is 0 Å². The first-order chi connectivity index (χ1) is 11.3. The summed E-state index contributed by atoms with van der Waals surface area (Å²) >= 11 is 0. The van der Waals surface area contributed by atoms with Crippen LogP contribution in [0.25, 0.3) is 5.57 Å². The molecule has 1 aliphatic rings. The molecule has 120 valence electrons. The van der Waals surface area contributed by atoms with Gasteiger partial charge in [-0.15, -0.1) is 0 Å². The minimum atomic E-state index is 0.0845. The Hall–Kier alpha value is -1.90. The van der Waals surface area contributed by atoms with E-state index in [4.69, 9.17) is 0 Å². The smallest absolute Gasteiger partial charge is 0.0682 e. The largest absolute Gasteiger partial charge is 0.392 e. The molecule has 1 fully saturated rings. The molecule has 2 aromatic rings. The maximum absolute atomic E-state index is 9.43. The van der Waals surface area contributed by atoms with Crippen LogP contribution in [-0.4, -0.2) is 29.6 Å². The second kappa shape index (κ2) is 7.58. The number of nitrogens with zero attached hydrogens (tertiary/aromatic N) is 1. The maximum atomic E-state index is 9.43. The lowest BCUT2D eigenvalue weighted by atomic mass is 9.95. The van der Waals surface area contributed by atoms with Gasteiger partial charge in [0.05, 0.1) is 6.61 Å². The fourth-order valence-electron chi connectivity index (χ4n) is 3.16. The molecule has 0 saturated carbocycles. The zero-order valence-corrected chi connectivity index (χ0v) is 13.8. The molecular formula is C21H25NO. The molecule has 2 nitrogen and oxygen atoms in total. The van der Waals surface area contributed by atoms with Gasteiger partial charge in [0.25, 0.3) is 0 Å². The molecule has 1 saturated heterocycles. The van der Waals surface area contributed by atoms with Gasteiger partial charge in [0.2, 0.25) is 0 Å². The summed E-state index contributed by atoms with van der Waals surface area (Å²) < 4.78 is 0. The van der Waals surface area contributed by atoms with Crippen molar-refractivity contribution in [3.05, 3.63) is 76.9 Å². The number of rotatable bonds is 5. The number of aliphatic hydroxyl groups excluding tert-OH is 1. The van der Waals surface area contributed by atoms with Crippen LogP contribution in [0.1, 0.15) is 35.1 Å². The van der Waals surface area contributed by atoms with Gasteiger partial charge >= 0.3 is 0 Å². The Morgan fingerprint density at radius 2 is 1.78 bits per heavy atom. The van der Waals surface area contributed by atoms with E-state index in [0.717, 1.165) is 12.1 Å². The topological polar surface area (TPSA) is 23.5 Å². The molecule has 0 radical (unpaired) electrons. The third kappa shape index (κ3) is 4.10. The monoisotopic (exact) mass is 307 g/mol. The molecule has 2 heteroatoms. The van der Waals surface area contributed by atoms with Gasteiger partial charge in [-0.2, -0.15) is 0 Å². The van der Waals surface area contributed by atoms with Crippen LogP contribution >= 0.6 is 0 Å². The first kappa shape index (κ1) is 16.0. The van der Waals surface area contributed by atoms with Gasteiger partial charge in [0.1, 0.15) is 0 Å². The Bertz CT molecular complexity index is 666. The molecule has 1 aliphatic heterocycles. The third-order valence-corrected chi connectivity index (χ3v) is 4.54. The van der Waals surface area contributed by atoms with E-state index in [2.05, 4.69) is 54.3 Å². The molecule has 0 amide bonds. The Morgan fingerprint density at radius 3 is 2.48 bits per heavy atom. The van der Waals surface area contributed by atoms with Crippen LogP contribution in [0.4, 0.5) is 0 Å². The van der Waals surface area contributed by atoms with Crippen molar-refractivity contribution in [1.82, 2.24) is 4.90 Å². The molecule has 23 heavy (non-hydrogen) atoms. The van der Waals surface area contributed by atoms with E-state index in [1.54, 1.807) is 0 Å². The molecule has 3 rings (SSSR count). The Morgan fingerprint density at radius 1 is 1.04 bits per heavy atom. The molecule has 0 aromatic heterocycles. The Kier molecular flexibility index (Phi) is 5.27. The molecule has 1 N–H and O–H groups in total. The Balaban J connectivity index is 1.94. The van der Waals surface area contributed by atoms with E-state index in [0.29, 0.717) is 0 Å². The lowest BCUT2D eigenvalue weighted by Gasteiger charge is -2.15. The summed E-state index contributed by atoms with van der Waals surface area (Å²) in [5.74, 6) is 0. The normalized spacial score (nSPS) is 16.0. The van der Waals surface area contributed by atoms with E-state index >= 15 is 0 Å². The van der Waals surface area contributed by atoms with Crippen molar-refractivity contribution in [3.8, 4) is 0 Å². The lowest BCUT2D eigenvalue weighted by molar-refractivity contribution is 0.282. The van der Waals surface area contributed by atoms with Crippen LogP contribution in [0.3, 0.4) is 0 Å². The molecule has 0 aliphatic carbocycles. The van der Waals surface area contributed by atoms with E-state index in [-0.39, 0.29) is 6.61 Å². The van der Waals surface area contributed by atoms with Crippen LogP contribution in [0.5, 0.6) is 0 Å². The molecule has 0 bridgehead atoms. The number of aliphatic hydroxyl groups is 1. The quantitative estimate of drug-likeness (QED) is 0.902. The van der Waals surface area contributed by atoms with Crippen LogP contribution in [0, 0.1) is 6.92 Å². The summed E-state index contributed by atoms with van der Waals surface area (Å²) in [6, 6.07) is 16.9. The van der Waals surface area contributed by atoms with Crippen molar-refractivity contribution in [1.29, 1.82) is 0 Å². The highest BCUT2D eigenvalue weighted by Gasteiger charge is 2.11. The van der Waals surface area contributed by atoms with Gasteiger partial charge in [0.15, 0.2) is 0 Å². The van der Waals surface area contributed by atoms with Crippen molar-refractivity contribution in [2.45, 2.75) is 26.4 Å². The standard InChI is InChI=1S/C21H25NO/c1-17-7-9-19(10-8-17)21(11-14-22-12-2-3-13-22)20-6-4-5-18(15-20)16-23/h4-11,15,23H,2-3,12-14,16H2,1H3/b21-11+. The fourth-order valence-corrected chi connectivity index (χ4v) is 3.16. The maximum Gasteiger partial charge on any atom is 0.0682 e. The highest BCUT2D eigenvalue weighted by Crippen LogP contribution is 2.25. The number of hydrogen-bond donors (Lipinski definition) is 1. The van der Waals surface area contributed by atoms with Crippen molar-refractivity contribution in [2.24, 2.45) is 0 Å². The molecule has 2 aromatic carbocycles. The first-order valence-electron chi connectivity index (χ1n) is 8.46. The zero-order valence-electron chi connectivity index (χ0n) is 13.8. The number of likely N-dealkylation sites (tertiary alicyclic amines) is 1. The SMILES string of the molecule is Cc1ccc(/C(=C\CN2CCCC2)c2cccc(CO)c2)cc1. The van der Waals surface area contributed by atoms with E-state index in [1.807, 2.05) is 12.1 Å². The van der Waals surface area contributed by atoms with Gasteiger partial charge in [-0.3, -0.25) is 4.90 Å². The highest BCUT2D eigenvalue weighted by atomic mass is 16.3. The summed E-state index contributed by atoms with van der Waals surface area (Å²) in [4.78, 5) is 2.50. The van der Waals surface area contributed by atoms with Crippen LogP contribution in [-0.2, 0) is 6.61 Å². The number of benzene rings is 2. The van der Waals surface area contributed by atoms with Crippen molar-refractivity contribution < 1.29 is 5.11 Å². The summed E-state index contributed by atoms with van der Waals surface area (Å²) in [5, 5.41) is 9.43. The number of hydrogen-bond acceptors (Lipinski definition) is 2. The summed E-state index contributed by atoms with van der Waals surface area (Å²) in [5.41, 5.74) is 5.91. The first-order valence-corrected chi connectivity index (χ1v) is 8.46. The summed E-state index contributed by atoms with van der Waals surface area (Å²) in [7, 11) is 0. The highest BCUT2D eigenvalue weighted by molar-refractivity contribution is 5.80. The third-order valence-electron chi connectivity index (χ3n) is 4.54. The zero-order chi connectivity index (χ0) is 16.1. The van der Waals surface area contributed by atoms with Gasteiger partial charge in [-0.05, 0) is 61.2 Å². The second-order valence-corrected chi connectivity index (χ2v) is 6.35. The fraction of sp³-hybridized carbons (Fsp3) is 0.333. The molecule has 0 atom stereocenters. The molecule has 0 spiro atoms. The van der Waals surface area contributed by atoms with Crippen LogP contribution in [0.15, 0.2) is 54.6 Å². The van der Waals surface area contributed by atoms with E-state index < -0.39 is 0 Å². The summed E-state index contributed by atoms with van der Waals surface area (Å²) in [6.07, 6.45) is 4.97. The van der Waals surface area contributed by atoms with E-state index in [9.17, 15) is 5.11 Å². The van der Waals surface area contributed by atoms with E-state index in [1.165, 1.54) is 48.2 Å². The lowest BCUT2D eigenvalue weighted by Crippen LogP contribution is -2.19. The average molecular weight is 307 g/mol. The Labute approximate surface area is 139 Å². The van der Waals surface area contributed by atoms with Crippen LogP contribution < -0.4 is 0 Å². The van der Waals surface area contributed by atoms with Gasteiger partial charge in [0, 0.05) is 6.54 Å².